The molecule has 0 saturated heterocycles. The van der Waals surface area contributed by atoms with Crippen LogP contribution in [0.1, 0.15) is 16.3 Å². The van der Waals surface area contributed by atoms with Crippen molar-refractivity contribution in [1.29, 1.82) is 0 Å². The number of thiazole rings is 1. The Balaban J connectivity index is 0.00000220. The predicted octanol–water partition coefficient (Wildman–Crippen LogP) is 3.28. The number of benzene rings is 1. The highest BCUT2D eigenvalue weighted by Crippen LogP contribution is 2.09. The van der Waals surface area contributed by atoms with Gasteiger partial charge in [-0.2, -0.15) is 0 Å². The van der Waals surface area contributed by atoms with Gasteiger partial charge in [0.05, 0.1) is 17.2 Å². The molecule has 0 amide bonds. The molecule has 4 nitrogen and oxygen atoms in total. The van der Waals surface area contributed by atoms with Gasteiger partial charge in [-0.1, -0.05) is 30.3 Å². The van der Waals surface area contributed by atoms with E-state index >= 15 is 0 Å². The lowest BCUT2D eigenvalue weighted by molar-refractivity contribution is 0.470. The third-order valence-electron chi connectivity index (χ3n) is 2.93. The van der Waals surface area contributed by atoms with Gasteiger partial charge in [-0.25, -0.2) is 4.98 Å². The highest BCUT2D eigenvalue weighted by Gasteiger charge is 2.08. The smallest absolute Gasteiger partial charge is 0.194 e. The lowest BCUT2D eigenvalue weighted by Crippen LogP contribution is -2.38. The number of hydrogen-bond acceptors (Lipinski definition) is 3. The van der Waals surface area contributed by atoms with Crippen LogP contribution in [0.3, 0.4) is 0 Å². The molecule has 1 N–H and O–H groups in total. The fraction of sp³-hybridized carbons (Fsp3) is 0.333. The molecule has 0 aliphatic heterocycles. The highest BCUT2D eigenvalue weighted by molar-refractivity contribution is 14.0. The number of aromatic nitrogens is 1. The van der Waals surface area contributed by atoms with Crippen LogP contribution in [0, 0.1) is 6.92 Å². The number of guanidine groups is 1. The van der Waals surface area contributed by atoms with Gasteiger partial charge in [0.1, 0.15) is 0 Å². The van der Waals surface area contributed by atoms with Gasteiger partial charge in [-0.05, 0) is 12.5 Å². The van der Waals surface area contributed by atoms with Gasteiger partial charge in [-0.3, -0.25) is 4.99 Å². The predicted molar refractivity (Wildman–Crippen MR) is 100 cm³/mol. The van der Waals surface area contributed by atoms with Crippen LogP contribution < -0.4 is 5.32 Å². The number of nitrogens with zero attached hydrogens (tertiary/aromatic N) is 3. The fourth-order valence-electron chi connectivity index (χ4n) is 1.96. The summed E-state index contributed by atoms with van der Waals surface area (Å²) >= 11 is 1.68. The van der Waals surface area contributed by atoms with E-state index in [0.29, 0.717) is 0 Å². The molecule has 0 radical (unpaired) electrons. The first-order valence-corrected chi connectivity index (χ1v) is 7.43. The van der Waals surface area contributed by atoms with Crippen LogP contribution >= 0.6 is 35.3 Å². The van der Waals surface area contributed by atoms with Crippen LogP contribution in [0.5, 0.6) is 0 Å². The van der Waals surface area contributed by atoms with E-state index in [1.165, 1.54) is 5.56 Å². The Kier molecular flexibility index (Phi) is 7.66. The molecule has 0 aliphatic rings. The van der Waals surface area contributed by atoms with Crippen LogP contribution in [0.15, 0.2) is 40.7 Å². The normalized spacial score (nSPS) is 10.9. The molecule has 1 aromatic heterocycles. The van der Waals surface area contributed by atoms with Crippen molar-refractivity contribution >= 4 is 41.3 Å². The van der Waals surface area contributed by atoms with Gasteiger partial charge >= 0.3 is 0 Å². The van der Waals surface area contributed by atoms with Crippen LogP contribution in [0.4, 0.5) is 0 Å². The topological polar surface area (TPSA) is 40.5 Å². The van der Waals surface area contributed by atoms with E-state index in [2.05, 4.69) is 37.7 Å². The SMILES string of the molecule is CN=C(NCc1ccccc1)N(C)Cc1csc(C)n1.I. The summed E-state index contributed by atoms with van der Waals surface area (Å²) < 4.78 is 0. The summed E-state index contributed by atoms with van der Waals surface area (Å²) in [5.41, 5.74) is 2.32. The number of halogens is 1. The summed E-state index contributed by atoms with van der Waals surface area (Å²) in [5.74, 6) is 0.875. The van der Waals surface area contributed by atoms with Crippen molar-refractivity contribution in [3.63, 3.8) is 0 Å². The Labute approximate surface area is 147 Å². The Morgan fingerprint density at radius 1 is 1.33 bits per heavy atom. The zero-order chi connectivity index (χ0) is 14.4. The van der Waals surface area contributed by atoms with Crippen molar-refractivity contribution < 1.29 is 0 Å². The highest BCUT2D eigenvalue weighted by atomic mass is 127. The summed E-state index contributed by atoms with van der Waals surface area (Å²) in [6.07, 6.45) is 0. The van der Waals surface area contributed by atoms with Gasteiger partial charge in [0.2, 0.25) is 0 Å². The molecule has 0 atom stereocenters. The molecule has 6 heteroatoms. The first kappa shape index (κ1) is 17.9. The lowest BCUT2D eigenvalue weighted by atomic mass is 10.2. The molecule has 114 valence electrons. The van der Waals surface area contributed by atoms with Crippen LogP contribution in [0.2, 0.25) is 0 Å². The molecular formula is C15H21IN4S. The fourth-order valence-corrected chi connectivity index (χ4v) is 2.56. The third-order valence-corrected chi connectivity index (χ3v) is 3.75. The minimum atomic E-state index is 0. The number of rotatable bonds is 4. The van der Waals surface area contributed by atoms with E-state index in [1.807, 2.05) is 32.2 Å². The number of aliphatic imine (C=N–C) groups is 1. The van der Waals surface area contributed by atoms with Gasteiger partial charge in [-0.15, -0.1) is 35.3 Å². The first-order valence-electron chi connectivity index (χ1n) is 6.55. The molecule has 2 rings (SSSR count). The van der Waals surface area contributed by atoms with Crippen molar-refractivity contribution in [3.8, 4) is 0 Å². The minimum Gasteiger partial charge on any atom is -0.352 e. The Morgan fingerprint density at radius 2 is 2.05 bits per heavy atom. The van der Waals surface area contributed by atoms with E-state index in [0.717, 1.165) is 29.8 Å². The quantitative estimate of drug-likeness (QED) is 0.473. The molecule has 21 heavy (non-hydrogen) atoms. The van der Waals surface area contributed by atoms with E-state index in [4.69, 9.17) is 0 Å². The van der Waals surface area contributed by atoms with Gasteiger partial charge in [0, 0.05) is 26.0 Å². The molecule has 1 aromatic carbocycles. The second-order valence-corrected chi connectivity index (χ2v) is 5.66. The average molecular weight is 416 g/mol. The molecule has 2 aromatic rings. The van der Waals surface area contributed by atoms with Gasteiger partial charge in [0.25, 0.3) is 0 Å². The molecular weight excluding hydrogens is 395 g/mol. The Morgan fingerprint density at radius 3 is 2.62 bits per heavy atom. The van der Waals surface area contributed by atoms with Crippen LogP contribution in [-0.2, 0) is 13.1 Å². The number of nitrogens with one attached hydrogen (secondary N) is 1. The molecule has 1 heterocycles. The minimum absolute atomic E-state index is 0. The molecule has 0 aliphatic carbocycles. The molecule has 0 unspecified atom stereocenters. The molecule has 0 saturated carbocycles. The van der Waals surface area contributed by atoms with E-state index in [1.54, 1.807) is 18.4 Å². The zero-order valence-corrected chi connectivity index (χ0v) is 15.7. The lowest BCUT2D eigenvalue weighted by Gasteiger charge is -2.21. The summed E-state index contributed by atoms with van der Waals surface area (Å²) in [6.45, 7) is 3.56. The number of hydrogen-bond donors (Lipinski definition) is 1. The van der Waals surface area contributed by atoms with Crippen molar-refractivity contribution in [1.82, 2.24) is 15.2 Å². The Bertz CT molecular complexity index is 568. The summed E-state index contributed by atoms with van der Waals surface area (Å²) in [4.78, 5) is 10.9. The zero-order valence-electron chi connectivity index (χ0n) is 12.5. The number of aryl methyl sites for hydroxylation is 1. The van der Waals surface area contributed by atoms with Crippen molar-refractivity contribution in [3.05, 3.63) is 52.0 Å². The molecule has 0 spiro atoms. The molecule has 0 fully saturated rings. The van der Waals surface area contributed by atoms with Gasteiger partial charge < -0.3 is 10.2 Å². The summed E-state index contributed by atoms with van der Waals surface area (Å²) in [7, 11) is 3.82. The van der Waals surface area contributed by atoms with Crippen molar-refractivity contribution in [2.75, 3.05) is 14.1 Å². The van der Waals surface area contributed by atoms with Crippen molar-refractivity contribution in [2.45, 2.75) is 20.0 Å². The average Bonchev–Trinajstić information content (AvgIpc) is 2.86. The third kappa shape index (κ3) is 5.62. The summed E-state index contributed by atoms with van der Waals surface area (Å²) in [6, 6.07) is 10.3. The monoisotopic (exact) mass is 416 g/mol. The standard InChI is InChI=1S/C15H20N4S.HI/c1-12-18-14(11-20-12)10-19(3)15(16-2)17-9-13-7-5-4-6-8-13;/h4-8,11H,9-10H2,1-3H3,(H,16,17);1H. The van der Waals surface area contributed by atoms with Crippen LogP contribution in [0.25, 0.3) is 0 Å². The van der Waals surface area contributed by atoms with E-state index in [-0.39, 0.29) is 24.0 Å². The Hall–Kier alpha value is -1.15. The first-order chi connectivity index (χ1) is 9.69. The summed E-state index contributed by atoms with van der Waals surface area (Å²) in [5, 5.41) is 6.56. The maximum Gasteiger partial charge on any atom is 0.194 e. The second kappa shape index (κ2) is 8.99. The maximum atomic E-state index is 4.48. The van der Waals surface area contributed by atoms with Crippen LogP contribution in [-0.4, -0.2) is 29.9 Å². The van der Waals surface area contributed by atoms with E-state index in [9.17, 15) is 0 Å². The molecule has 0 bridgehead atoms. The largest absolute Gasteiger partial charge is 0.352 e. The second-order valence-electron chi connectivity index (χ2n) is 4.60. The van der Waals surface area contributed by atoms with E-state index < -0.39 is 0 Å². The van der Waals surface area contributed by atoms with Gasteiger partial charge in [0.15, 0.2) is 5.96 Å². The maximum absolute atomic E-state index is 4.48. The van der Waals surface area contributed by atoms with Crippen molar-refractivity contribution in [2.24, 2.45) is 4.99 Å².